The molecule has 0 unspecified atom stereocenters. The minimum Gasteiger partial charge on any atom is -0.495 e. The van der Waals surface area contributed by atoms with Crippen molar-refractivity contribution in [3.8, 4) is 5.75 Å². The summed E-state index contributed by atoms with van der Waals surface area (Å²) in [7, 11) is -2.35. The van der Waals surface area contributed by atoms with Crippen LogP contribution in [0.2, 0.25) is 0 Å². The van der Waals surface area contributed by atoms with E-state index in [2.05, 4.69) is 0 Å². The van der Waals surface area contributed by atoms with Crippen LogP contribution >= 0.6 is 0 Å². The first-order chi connectivity index (χ1) is 14.9. The molecule has 2 heterocycles. The molecule has 1 atom stereocenters. The monoisotopic (exact) mass is 454 g/mol. The van der Waals surface area contributed by atoms with Crippen LogP contribution in [0.4, 0.5) is 0 Å². The average Bonchev–Trinajstić information content (AvgIpc) is 2.80. The van der Waals surface area contributed by atoms with Crippen molar-refractivity contribution in [3.63, 3.8) is 0 Å². The van der Waals surface area contributed by atoms with E-state index in [1.54, 1.807) is 24.0 Å². The molecule has 10 heteroatoms. The van der Waals surface area contributed by atoms with Crippen LogP contribution in [0.1, 0.15) is 25.3 Å². The number of ether oxygens (including phenoxy) is 3. The van der Waals surface area contributed by atoms with Crippen LogP contribution in [-0.4, -0.2) is 82.6 Å². The zero-order valence-corrected chi connectivity index (χ0v) is 18.9. The SMILES string of the molecule is CCOC(=O)[C@H]1CCCN(C(=O)Cc2ccc(OC)c(S(=O)(=O)N3CCOCC3)c2)C1. The number of esters is 1. The van der Waals surface area contributed by atoms with Crippen molar-refractivity contribution >= 4 is 21.9 Å². The van der Waals surface area contributed by atoms with E-state index >= 15 is 0 Å². The van der Waals surface area contributed by atoms with Crippen LogP contribution in [0.15, 0.2) is 23.1 Å². The van der Waals surface area contributed by atoms with Crippen molar-refractivity contribution in [2.45, 2.75) is 31.1 Å². The molecular weight excluding hydrogens is 424 g/mol. The zero-order chi connectivity index (χ0) is 22.4. The predicted molar refractivity (Wildman–Crippen MR) is 112 cm³/mol. The highest BCUT2D eigenvalue weighted by atomic mass is 32.2. The highest BCUT2D eigenvalue weighted by Crippen LogP contribution is 2.29. The van der Waals surface area contributed by atoms with Crippen molar-refractivity contribution in [1.29, 1.82) is 0 Å². The standard InChI is InChI=1S/C21H30N2O7S/c1-3-30-21(25)17-5-4-8-22(15-17)20(24)14-16-6-7-18(28-2)19(13-16)31(26,27)23-9-11-29-12-10-23/h6-7,13,17H,3-5,8-12,14-15H2,1-2H3/t17-/m0/s1. The Balaban J connectivity index is 1.75. The molecule has 2 fully saturated rings. The number of likely N-dealkylation sites (tertiary alicyclic amines) is 1. The average molecular weight is 455 g/mol. The fourth-order valence-electron chi connectivity index (χ4n) is 3.90. The van der Waals surface area contributed by atoms with Gasteiger partial charge < -0.3 is 19.1 Å². The van der Waals surface area contributed by atoms with Gasteiger partial charge in [-0.1, -0.05) is 6.07 Å². The Morgan fingerprint density at radius 2 is 1.94 bits per heavy atom. The lowest BCUT2D eigenvalue weighted by molar-refractivity contribution is -0.151. The molecule has 0 spiro atoms. The molecule has 0 saturated carbocycles. The number of amides is 1. The first-order valence-corrected chi connectivity index (χ1v) is 12.0. The van der Waals surface area contributed by atoms with Gasteiger partial charge in [-0.15, -0.1) is 0 Å². The first-order valence-electron chi connectivity index (χ1n) is 10.6. The number of piperidine rings is 1. The van der Waals surface area contributed by atoms with E-state index in [1.807, 2.05) is 0 Å². The molecule has 31 heavy (non-hydrogen) atoms. The second-order valence-corrected chi connectivity index (χ2v) is 9.52. The number of benzene rings is 1. The van der Waals surface area contributed by atoms with Crippen LogP contribution in [0.3, 0.4) is 0 Å². The van der Waals surface area contributed by atoms with Gasteiger partial charge in [-0.05, 0) is 37.5 Å². The van der Waals surface area contributed by atoms with Gasteiger partial charge in [-0.2, -0.15) is 4.31 Å². The molecule has 0 N–H and O–H groups in total. The van der Waals surface area contributed by atoms with Gasteiger partial charge in [0.2, 0.25) is 15.9 Å². The van der Waals surface area contributed by atoms with E-state index in [0.29, 0.717) is 44.9 Å². The lowest BCUT2D eigenvalue weighted by atomic mass is 9.97. The fraction of sp³-hybridized carbons (Fsp3) is 0.619. The highest BCUT2D eigenvalue weighted by Gasteiger charge is 2.31. The lowest BCUT2D eigenvalue weighted by Crippen LogP contribution is -2.43. The lowest BCUT2D eigenvalue weighted by Gasteiger charge is -2.31. The second-order valence-electron chi connectivity index (χ2n) is 7.61. The number of carbonyl (C=O) groups excluding carboxylic acids is 2. The van der Waals surface area contributed by atoms with Gasteiger partial charge in [0.1, 0.15) is 10.6 Å². The molecule has 0 aliphatic carbocycles. The van der Waals surface area contributed by atoms with E-state index in [1.165, 1.54) is 17.5 Å². The number of rotatable bonds is 7. The summed E-state index contributed by atoms with van der Waals surface area (Å²) in [5.41, 5.74) is 0.580. The van der Waals surface area contributed by atoms with Gasteiger partial charge >= 0.3 is 5.97 Å². The summed E-state index contributed by atoms with van der Waals surface area (Å²) >= 11 is 0. The number of hydrogen-bond acceptors (Lipinski definition) is 7. The van der Waals surface area contributed by atoms with E-state index in [-0.39, 0.29) is 47.9 Å². The van der Waals surface area contributed by atoms with Gasteiger partial charge in [-0.3, -0.25) is 9.59 Å². The molecule has 1 aromatic carbocycles. The Morgan fingerprint density at radius 3 is 2.61 bits per heavy atom. The molecule has 0 radical (unpaired) electrons. The minimum absolute atomic E-state index is 0.0465. The molecule has 0 aromatic heterocycles. The third-order valence-corrected chi connectivity index (χ3v) is 7.49. The van der Waals surface area contributed by atoms with Crippen LogP contribution in [0, 0.1) is 5.92 Å². The van der Waals surface area contributed by atoms with Crippen molar-refractivity contribution in [3.05, 3.63) is 23.8 Å². The maximum absolute atomic E-state index is 13.1. The smallest absolute Gasteiger partial charge is 0.310 e. The molecule has 9 nitrogen and oxygen atoms in total. The summed E-state index contributed by atoms with van der Waals surface area (Å²) in [6.07, 6.45) is 1.48. The van der Waals surface area contributed by atoms with Crippen molar-refractivity contribution < 1.29 is 32.2 Å². The number of carbonyl (C=O) groups is 2. The summed E-state index contributed by atoms with van der Waals surface area (Å²) in [5, 5.41) is 0. The van der Waals surface area contributed by atoms with Gasteiger partial charge in [0.25, 0.3) is 0 Å². The van der Waals surface area contributed by atoms with Gasteiger partial charge in [0.05, 0.1) is 39.3 Å². The molecule has 172 valence electrons. The third-order valence-electron chi connectivity index (χ3n) is 5.57. The molecule has 2 aliphatic rings. The summed E-state index contributed by atoms with van der Waals surface area (Å²) in [4.78, 5) is 26.6. The first kappa shape index (κ1) is 23.5. The van der Waals surface area contributed by atoms with Crippen molar-refractivity contribution in [1.82, 2.24) is 9.21 Å². The Labute approximate surface area is 183 Å². The fourth-order valence-corrected chi connectivity index (χ4v) is 5.52. The number of sulfonamides is 1. The summed E-state index contributed by atoms with van der Waals surface area (Å²) < 4.78 is 43.3. The Hall–Kier alpha value is -2.17. The maximum Gasteiger partial charge on any atom is 0.310 e. The van der Waals surface area contributed by atoms with Crippen molar-refractivity contribution in [2.24, 2.45) is 5.92 Å². The largest absolute Gasteiger partial charge is 0.495 e. The van der Waals surface area contributed by atoms with Gasteiger partial charge in [0.15, 0.2) is 0 Å². The van der Waals surface area contributed by atoms with Crippen LogP contribution in [0.5, 0.6) is 5.75 Å². The molecule has 2 saturated heterocycles. The van der Waals surface area contributed by atoms with Gasteiger partial charge in [0, 0.05) is 26.2 Å². The quantitative estimate of drug-likeness (QED) is 0.568. The summed E-state index contributed by atoms with van der Waals surface area (Å²) in [6.45, 7) is 4.21. The van der Waals surface area contributed by atoms with Crippen LogP contribution in [-0.2, 0) is 35.5 Å². The summed E-state index contributed by atoms with van der Waals surface area (Å²) in [5.74, 6) is -0.494. The molecule has 1 amide bonds. The molecular formula is C21H30N2O7S. The molecule has 3 rings (SSSR count). The number of methoxy groups -OCH3 is 1. The topological polar surface area (TPSA) is 102 Å². The maximum atomic E-state index is 13.1. The minimum atomic E-state index is -3.77. The highest BCUT2D eigenvalue weighted by molar-refractivity contribution is 7.89. The molecule has 2 aliphatic heterocycles. The van der Waals surface area contributed by atoms with E-state index in [0.717, 1.165) is 6.42 Å². The van der Waals surface area contributed by atoms with Crippen molar-refractivity contribution in [2.75, 3.05) is 53.1 Å². The van der Waals surface area contributed by atoms with Gasteiger partial charge in [-0.25, -0.2) is 8.42 Å². The predicted octanol–water partition coefficient (Wildman–Crippen LogP) is 1.06. The second kappa shape index (κ2) is 10.4. The Bertz CT molecular complexity index is 897. The number of hydrogen-bond donors (Lipinski definition) is 0. The van der Waals surface area contributed by atoms with E-state index in [4.69, 9.17) is 14.2 Å². The molecule has 1 aromatic rings. The zero-order valence-electron chi connectivity index (χ0n) is 18.0. The Kier molecular flexibility index (Phi) is 7.90. The normalized spacial score (nSPS) is 20.3. The van der Waals surface area contributed by atoms with E-state index < -0.39 is 10.0 Å². The number of nitrogens with zero attached hydrogens (tertiary/aromatic N) is 2. The Morgan fingerprint density at radius 1 is 1.19 bits per heavy atom. The van der Waals surface area contributed by atoms with E-state index in [9.17, 15) is 18.0 Å². The number of morpholine rings is 1. The van der Waals surface area contributed by atoms with Crippen LogP contribution in [0.25, 0.3) is 0 Å². The van der Waals surface area contributed by atoms with Crippen LogP contribution < -0.4 is 4.74 Å². The summed E-state index contributed by atoms with van der Waals surface area (Å²) in [6, 6.07) is 4.78. The molecule has 0 bridgehead atoms. The third kappa shape index (κ3) is 5.55.